The van der Waals surface area contributed by atoms with Crippen molar-refractivity contribution in [3.8, 4) is 0 Å². The van der Waals surface area contributed by atoms with Crippen molar-refractivity contribution in [2.45, 2.75) is 36.7 Å². The van der Waals surface area contributed by atoms with Gasteiger partial charge in [0.05, 0.1) is 23.0 Å². The predicted molar refractivity (Wildman–Crippen MR) is 119 cm³/mol. The van der Waals surface area contributed by atoms with Crippen molar-refractivity contribution in [3.05, 3.63) is 47.1 Å². The first-order valence-electron chi connectivity index (χ1n) is 10.4. The molecule has 1 amide bonds. The maximum Gasteiger partial charge on any atom is 0.255 e. The molecule has 2 saturated heterocycles. The molecule has 1 aromatic carbocycles. The molecule has 2 aliphatic rings. The lowest BCUT2D eigenvalue weighted by Crippen LogP contribution is -2.32. The smallest absolute Gasteiger partial charge is 0.255 e. The van der Waals surface area contributed by atoms with Gasteiger partial charge in [0, 0.05) is 31.8 Å². The SMILES string of the molecule is O=C(Nc1ccc(N2CCCC2)nc1)c1ccc(Cl)c(S(=O)(=O)NC[C@H]2CCCO2)c1. The number of carbonyl (C=O) groups is 1. The summed E-state index contributed by atoms with van der Waals surface area (Å²) in [7, 11) is -3.88. The summed E-state index contributed by atoms with van der Waals surface area (Å²) in [5, 5.41) is 2.80. The van der Waals surface area contributed by atoms with Gasteiger partial charge < -0.3 is 15.0 Å². The average molecular weight is 465 g/mol. The van der Waals surface area contributed by atoms with Gasteiger partial charge in [0.2, 0.25) is 10.0 Å². The highest BCUT2D eigenvalue weighted by Gasteiger charge is 2.23. The van der Waals surface area contributed by atoms with Crippen LogP contribution in [0.15, 0.2) is 41.4 Å². The van der Waals surface area contributed by atoms with Crippen LogP contribution in [0, 0.1) is 0 Å². The molecule has 2 fully saturated rings. The summed E-state index contributed by atoms with van der Waals surface area (Å²) >= 11 is 6.12. The fraction of sp³-hybridized carbons (Fsp3) is 0.429. The Balaban J connectivity index is 1.44. The normalized spacial score (nSPS) is 19.0. The van der Waals surface area contributed by atoms with E-state index in [2.05, 4.69) is 19.9 Å². The second-order valence-electron chi connectivity index (χ2n) is 7.69. The van der Waals surface area contributed by atoms with Gasteiger partial charge in [-0.05, 0) is 56.0 Å². The van der Waals surface area contributed by atoms with Gasteiger partial charge in [-0.1, -0.05) is 11.6 Å². The summed E-state index contributed by atoms with van der Waals surface area (Å²) in [6.45, 7) is 2.78. The van der Waals surface area contributed by atoms with Gasteiger partial charge >= 0.3 is 0 Å². The van der Waals surface area contributed by atoms with Crippen molar-refractivity contribution >= 4 is 39.0 Å². The summed E-state index contributed by atoms with van der Waals surface area (Å²) in [4.78, 5) is 19.2. The van der Waals surface area contributed by atoms with Crippen LogP contribution in [0.3, 0.4) is 0 Å². The third-order valence-electron chi connectivity index (χ3n) is 5.44. The van der Waals surface area contributed by atoms with Crippen LogP contribution < -0.4 is 14.9 Å². The van der Waals surface area contributed by atoms with Crippen molar-refractivity contribution < 1.29 is 17.9 Å². The van der Waals surface area contributed by atoms with Crippen molar-refractivity contribution in [2.75, 3.05) is 36.5 Å². The highest BCUT2D eigenvalue weighted by atomic mass is 35.5. The zero-order valence-corrected chi connectivity index (χ0v) is 18.6. The van der Waals surface area contributed by atoms with Gasteiger partial charge in [-0.25, -0.2) is 18.1 Å². The van der Waals surface area contributed by atoms with Crippen molar-refractivity contribution in [3.63, 3.8) is 0 Å². The van der Waals surface area contributed by atoms with Gasteiger partial charge in [-0.2, -0.15) is 0 Å². The zero-order chi connectivity index (χ0) is 21.8. The van der Waals surface area contributed by atoms with E-state index in [0.717, 1.165) is 44.6 Å². The minimum atomic E-state index is -3.88. The summed E-state index contributed by atoms with van der Waals surface area (Å²) in [6.07, 6.45) is 5.49. The van der Waals surface area contributed by atoms with Crippen molar-refractivity contribution in [1.82, 2.24) is 9.71 Å². The first-order chi connectivity index (χ1) is 14.9. The molecule has 0 saturated carbocycles. The average Bonchev–Trinajstić information content (AvgIpc) is 3.47. The van der Waals surface area contributed by atoms with Gasteiger partial charge in [-0.3, -0.25) is 4.79 Å². The fourth-order valence-electron chi connectivity index (χ4n) is 3.73. The van der Waals surface area contributed by atoms with Crippen LogP contribution in [0.2, 0.25) is 5.02 Å². The molecule has 2 aromatic rings. The van der Waals surface area contributed by atoms with Gasteiger partial charge in [-0.15, -0.1) is 0 Å². The molecule has 0 bridgehead atoms. The summed E-state index contributed by atoms with van der Waals surface area (Å²) in [6, 6.07) is 7.83. The minimum absolute atomic E-state index is 0.0491. The lowest BCUT2D eigenvalue weighted by atomic mass is 10.2. The number of benzene rings is 1. The topological polar surface area (TPSA) is 101 Å². The Bertz CT molecular complexity index is 1030. The summed E-state index contributed by atoms with van der Waals surface area (Å²) in [5.74, 6) is 0.440. The monoisotopic (exact) mass is 464 g/mol. The second kappa shape index (κ2) is 9.52. The van der Waals surface area contributed by atoms with Crippen LogP contribution in [-0.4, -0.2) is 51.7 Å². The number of carbonyl (C=O) groups excluding carboxylic acids is 1. The number of aromatic nitrogens is 1. The Morgan fingerprint density at radius 3 is 2.68 bits per heavy atom. The number of ether oxygens (including phenoxy) is 1. The number of hydrogen-bond donors (Lipinski definition) is 2. The van der Waals surface area contributed by atoms with E-state index in [4.69, 9.17) is 16.3 Å². The Hall–Kier alpha value is -2.20. The Labute approximate surface area is 187 Å². The van der Waals surface area contributed by atoms with Crippen LogP contribution in [0.25, 0.3) is 0 Å². The Kier molecular flexibility index (Phi) is 6.76. The number of amides is 1. The van der Waals surface area contributed by atoms with E-state index in [9.17, 15) is 13.2 Å². The zero-order valence-electron chi connectivity index (χ0n) is 17.0. The number of hydrogen-bond acceptors (Lipinski definition) is 6. The van der Waals surface area contributed by atoms with Crippen molar-refractivity contribution in [1.29, 1.82) is 0 Å². The predicted octanol–water partition coefficient (Wildman–Crippen LogP) is 3.04. The van der Waals surface area contributed by atoms with Crippen molar-refractivity contribution in [2.24, 2.45) is 0 Å². The maximum absolute atomic E-state index is 12.7. The Morgan fingerprint density at radius 1 is 1.19 bits per heavy atom. The lowest BCUT2D eigenvalue weighted by molar-refractivity contribution is 0.102. The largest absolute Gasteiger partial charge is 0.377 e. The number of sulfonamides is 1. The molecule has 1 aromatic heterocycles. The molecular weight excluding hydrogens is 440 g/mol. The summed E-state index contributed by atoms with van der Waals surface area (Å²) in [5.41, 5.74) is 0.717. The quantitative estimate of drug-likeness (QED) is 0.653. The first-order valence-corrected chi connectivity index (χ1v) is 12.2. The molecule has 4 rings (SSSR count). The molecule has 10 heteroatoms. The maximum atomic E-state index is 12.7. The minimum Gasteiger partial charge on any atom is -0.377 e. The number of halogens is 1. The number of nitrogens with zero attached hydrogens (tertiary/aromatic N) is 2. The molecule has 1 atom stereocenters. The van der Waals surface area contributed by atoms with Crippen LogP contribution in [0.5, 0.6) is 0 Å². The van der Waals surface area contributed by atoms with Gasteiger partial charge in [0.25, 0.3) is 5.91 Å². The van der Waals surface area contributed by atoms with Gasteiger partial charge in [0.1, 0.15) is 10.7 Å². The highest BCUT2D eigenvalue weighted by Crippen LogP contribution is 2.24. The standard InChI is InChI=1S/C21H25ClN4O4S/c22-18-7-5-15(12-19(18)31(28,29)24-14-17-4-3-11-30-17)21(27)25-16-6-8-20(23-13-16)26-9-1-2-10-26/h5-8,12-13,17,24H,1-4,9-11,14H2,(H,25,27)/t17-/m1/s1. The molecule has 2 aliphatic heterocycles. The van der Waals surface area contributed by atoms with Crippen LogP contribution in [0.1, 0.15) is 36.0 Å². The van der Waals surface area contributed by atoms with E-state index >= 15 is 0 Å². The van der Waals surface area contributed by atoms with E-state index in [1.807, 2.05) is 6.07 Å². The summed E-state index contributed by atoms with van der Waals surface area (Å²) < 4.78 is 33.4. The second-order valence-corrected chi connectivity index (χ2v) is 9.83. The van der Waals surface area contributed by atoms with E-state index < -0.39 is 15.9 Å². The Morgan fingerprint density at radius 2 is 2.00 bits per heavy atom. The molecule has 8 nitrogen and oxygen atoms in total. The molecule has 0 unspecified atom stereocenters. The van der Waals surface area contributed by atoms with Crippen LogP contribution >= 0.6 is 11.6 Å². The fourth-order valence-corrected chi connectivity index (χ4v) is 5.32. The molecule has 0 radical (unpaired) electrons. The molecule has 0 spiro atoms. The number of rotatable bonds is 7. The van der Waals surface area contributed by atoms with Crippen LogP contribution in [0.4, 0.5) is 11.5 Å². The van der Waals surface area contributed by atoms with E-state index in [-0.39, 0.29) is 28.1 Å². The molecule has 3 heterocycles. The molecule has 31 heavy (non-hydrogen) atoms. The number of pyridine rings is 1. The number of nitrogens with one attached hydrogen (secondary N) is 2. The van der Waals surface area contributed by atoms with E-state index in [0.29, 0.717) is 12.3 Å². The number of anilines is 2. The third kappa shape index (κ3) is 5.35. The highest BCUT2D eigenvalue weighted by molar-refractivity contribution is 7.89. The third-order valence-corrected chi connectivity index (χ3v) is 7.35. The van der Waals surface area contributed by atoms with Gasteiger partial charge in [0.15, 0.2) is 0 Å². The molecular formula is C21H25ClN4O4S. The van der Waals surface area contributed by atoms with E-state index in [1.165, 1.54) is 18.2 Å². The molecule has 166 valence electrons. The first kappa shape index (κ1) is 22.0. The molecule has 2 N–H and O–H groups in total. The van der Waals surface area contributed by atoms with Crippen LogP contribution in [-0.2, 0) is 14.8 Å². The lowest BCUT2D eigenvalue weighted by Gasteiger charge is -2.16. The van der Waals surface area contributed by atoms with E-state index in [1.54, 1.807) is 12.3 Å². The molecule has 0 aliphatic carbocycles.